The lowest BCUT2D eigenvalue weighted by Crippen LogP contribution is -2.33. The number of nitriles is 1. The van der Waals surface area contributed by atoms with Crippen LogP contribution in [0.5, 0.6) is 11.5 Å². The number of amides is 1. The van der Waals surface area contributed by atoms with Gasteiger partial charge in [-0.3, -0.25) is 14.9 Å². The molecule has 1 rings (SSSR count). The molecular formula is C16H18ClN3O5. The van der Waals surface area contributed by atoms with Crippen molar-refractivity contribution >= 4 is 29.3 Å². The number of methoxy groups -OCH3 is 2. The number of likely N-dealkylation sites (N-methyl/N-ethyl adjacent to an activating group) is 1. The molecule has 0 bridgehead atoms. The molecule has 8 nitrogen and oxygen atoms in total. The number of nitro benzene ring substituents is 1. The summed E-state index contributed by atoms with van der Waals surface area (Å²) in [6, 6.07) is 4.49. The molecule has 0 heterocycles. The van der Waals surface area contributed by atoms with Crippen LogP contribution in [0, 0.1) is 21.4 Å². The average molecular weight is 368 g/mol. The SMILES string of the molecule is CCN(CCCl)C(=O)/C(C#N)=C/c1cc(OC)c(OC)c([N+](=O)[O-])c1. The molecule has 0 unspecified atom stereocenters. The van der Waals surface area contributed by atoms with E-state index >= 15 is 0 Å². The zero-order valence-electron chi connectivity index (χ0n) is 14.1. The Balaban J connectivity index is 3.41. The third-order valence-electron chi connectivity index (χ3n) is 3.36. The summed E-state index contributed by atoms with van der Waals surface area (Å²) in [5.74, 6) is -0.171. The van der Waals surface area contributed by atoms with E-state index in [9.17, 15) is 20.2 Å². The van der Waals surface area contributed by atoms with Crippen LogP contribution in [0.3, 0.4) is 0 Å². The molecule has 0 saturated heterocycles. The fraction of sp³-hybridized carbons (Fsp3) is 0.375. The summed E-state index contributed by atoms with van der Waals surface area (Å²) in [4.78, 5) is 24.4. The zero-order valence-corrected chi connectivity index (χ0v) is 14.9. The van der Waals surface area contributed by atoms with Crippen LogP contribution in [-0.2, 0) is 4.79 Å². The molecule has 0 aliphatic carbocycles. The highest BCUT2D eigenvalue weighted by Crippen LogP contribution is 2.38. The number of ether oxygens (including phenoxy) is 2. The quantitative estimate of drug-likeness (QED) is 0.230. The lowest BCUT2D eigenvalue weighted by Gasteiger charge is -2.18. The summed E-state index contributed by atoms with van der Waals surface area (Å²) >= 11 is 5.65. The molecule has 9 heteroatoms. The van der Waals surface area contributed by atoms with Gasteiger partial charge in [0.25, 0.3) is 5.91 Å². The van der Waals surface area contributed by atoms with Crippen molar-refractivity contribution in [3.63, 3.8) is 0 Å². The number of nitrogens with zero attached hydrogens (tertiary/aromatic N) is 3. The predicted octanol–water partition coefficient (Wildman–Crippen LogP) is 2.61. The maximum absolute atomic E-state index is 12.4. The largest absolute Gasteiger partial charge is 0.493 e. The Labute approximate surface area is 150 Å². The molecule has 0 aliphatic rings. The van der Waals surface area contributed by atoms with Gasteiger partial charge in [0.15, 0.2) is 5.75 Å². The van der Waals surface area contributed by atoms with Crippen LogP contribution in [0.2, 0.25) is 0 Å². The van der Waals surface area contributed by atoms with Gasteiger partial charge in [-0.2, -0.15) is 5.26 Å². The Hall–Kier alpha value is -2.79. The van der Waals surface area contributed by atoms with Gasteiger partial charge in [0.05, 0.1) is 19.1 Å². The standard InChI is InChI=1S/C16H18ClN3O5/c1-4-19(6-5-17)16(21)12(10-18)7-11-8-13(20(22)23)15(25-3)14(9-11)24-2/h7-9H,4-6H2,1-3H3/b12-7+. The van der Waals surface area contributed by atoms with Gasteiger partial charge in [-0.05, 0) is 24.6 Å². The van der Waals surface area contributed by atoms with Crippen molar-refractivity contribution in [3.8, 4) is 17.6 Å². The van der Waals surface area contributed by atoms with Crippen molar-refractivity contribution in [2.45, 2.75) is 6.92 Å². The van der Waals surface area contributed by atoms with Crippen molar-refractivity contribution in [1.29, 1.82) is 5.26 Å². The summed E-state index contributed by atoms with van der Waals surface area (Å²) in [5, 5.41) is 20.5. The maximum atomic E-state index is 12.4. The minimum Gasteiger partial charge on any atom is -0.493 e. The lowest BCUT2D eigenvalue weighted by molar-refractivity contribution is -0.385. The normalized spacial score (nSPS) is 10.8. The number of benzene rings is 1. The number of carbonyl (C=O) groups excluding carboxylic acids is 1. The van der Waals surface area contributed by atoms with E-state index in [2.05, 4.69) is 0 Å². The van der Waals surface area contributed by atoms with Gasteiger partial charge in [0.2, 0.25) is 5.75 Å². The van der Waals surface area contributed by atoms with E-state index in [1.807, 2.05) is 6.07 Å². The first-order valence-corrected chi connectivity index (χ1v) is 7.84. The summed E-state index contributed by atoms with van der Waals surface area (Å²) in [5.41, 5.74) is -0.212. The minimum absolute atomic E-state index is 0.0354. The third kappa shape index (κ3) is 4.84. The Morgan fingerprint density at radius 1 is 1.44 bits per heavy atom. The van der Waals surface area contributed by atoms with Crippen LogP contribution in [-0.4, -0.2) is 48.9 Å². The van der Waals surface area contributed by atoms with E-state index in [4.69, 9.17) is 21.1 Å². The van der Waals surface area contributed by atoms with E-state index in [1.165, 1.54) is 37.3 Å². The Morgan fingerprint density at radius 2 is 2.12 bits per heavy atom. The number of rotatable bonds is 8. The molecule has 1 amide bonds. The summed E-state index contributed by atoms with van der Waals surface area (Å²) < 4.78 is 10.1. The van der Waals surface area contributed by atoms with Gasteiger partial charge in [-0.15, -0.1) is 11.6 Å². The van der Waals surface area contributed by atoms with Gasteiger partial charge < -0.3 is 14.4 Å². The second-order valence-corrected chi connectivity index (χ2v) is 5.15. The third-order valence-corrected chi connectivity index (χ3v) is 3.53. The van der Waals surface area contributed by atoms with Crippen LogP contribution in [0.4, 0.5) is 5.69 Å². The molecule has 1 aromatic rings. The summed E-state index contributed by atoms with van der Waals surface area (Å²) in [7, 11) is 2.63. The Morgan fingerprint density at radius 3 is 2.56 bits per heavy atom. The first-order valence-electron chi connectivity index (χ1n) is 7.30. The van der Waals surface area contributed by atoms with Gasteiger partial charge >= 0.3 is 5.69 Å². The number of nitro groups is 1. The van der Waals surface area contributed by atoms with E-state index in [-0.39, 0.29) is 34.2 Å². The molecule has 0 spiro atoms. The van der Waals surface area contributed by atoms with Crippen LogP contribution in [0.15, 0.2) is 17.7 Å². The number of hydrogen-bond donors (Lipinski definition) is 0. The summed E-state index contributed by atoms with van der Waals surface area (Å²) in [6.07, 6.45) is 1.27. The second-order valence-electron chi connectivity index (χ2n) is 4.78. The molecule has 0 saturated carbocycles. The highest BCUT2D eigenvalue weighted by atomic mass is 35.5. The molecule has 0 aliphatic heterocycles. The van der Waals surface area contributed by atoms with E-state index in [0.717, 1.165) is 0 Å². The molecule has 134 valence electrons. The zero-order chi connectivity index (χ0) is 19.0. The van der Waals surface area contributed by atoms with Gasteiger partial charge in [0, 0.05) is 25.0 Å². The molecule has 0 fully saturated rings. The molecule has 1 aromatic carbocycles. The van der Waals surface area contributed by atoms with E-state index < -0.39 is 10.8 Å². The molecular weight excluding hydrogens is 350 g/mol. The van der Waals surface area contributed by atoms with Gasteiger partial charge in [-0.25, -0.2) is 0 Å². The number of halogens is 1. The number of alkyl halides is 1. The van der Waals surface area contributed by atoms with Crippen molar-refractivity contribution in [2.24, 2.45) is 0 Å². The Bertz CT molecular complexity index is 727. The molecule has 0 N–H and O–H groups in total. The van der Waals surface area contributed by atoms with Crippen LogP contribution >= 0.6 is 11.6 Å². The smallest absolute Gasteiger partial charge is 0.315 e. The van der Waals surface area contributed by atoms with Gasteiger partial charge in [0.1, 0.15) is 11.6 Å². The van der Waals surface area contributed by atoms with Crippen molar-refractivity contribution in [3.05, 3.63) is 33.4 Å². The second kappa shape index (κ2) is 9.49. The lowest BCUT2D eigenvalue weighted by atomic mass is 10.1. The van der Waals surface area contributed by atoms with Crippen LogP contribution < -0.4 is 9.47 Å². The topological polar surface area (TPSA) is 106 Å². The Kier molecular flexibility index (Phi) is 7.69. The first kappa shape index (κ1) is 20.3. The first-order chi connectivity index (χ1) is 11.9. The average Bonchev–Trinajstić information content (AvgIpc) is 2.62. The summed E-state index contributed by atoms with van der Waals surface area (Å²) in [6.45, 7) is 2.44. The number of carbonyl (C=O) groups is 1. The number of hydrogen-bond acceptors (Lipinski definition) is 6. The minimum atomic E-state index is -0.627. The highest BCUT2D eigenvalue weighted by molar-refractivity contribution is 6.18. The molecule has 0 atom stereocenters. The van der Waals surface area contributed by atoms with E-state index in [1.54, 1.807) is 6.92 Å². The monoisotopic (exact) mass is 367 g/mol. The van der Waals surface area contributed by atoms with Gasteiger partial charge in [-0.1, -0.05) is 0 Å². The van der Waals surface area contributed by atoms with Crippen LogP contribution in [0.1, 0.15) is 12.5 Å². The molecule has 0 aromatic heterocycles. The fourth-order valence-electron chi connectivity index (χ4n) is 2.17. The molecule has 0 radical (unpaired) electrons. The maximum Gasteiger partial charge on any atom is 0.315 e. The highest BCUT2D eigenvalue weighted by Gasteiger charge is 2.22. The molecule has 25 heavy (non-hydrogen) atoms. The van der Waals surface area contributed by atoms with E-state index in [0.29, 0.717) is 13.1 Å². The van der Waals surface area contributed by atoms with Crippen LogP contribution in [0.25, 0.3) is 6.08 Å². The van der Waals surface area contributed by atoms with Crippen molar-refractivity contribution in [1.82, 2.24) is 4.90 Å². The van der Waals surface area contributed by atoms with Crippen molar-refractivity contribution < 1.29 is 19.2 Å². The van der Waals surface area contributed by atoms with Crippen molar-refractivity contribution in [2.75, 3.05) is 33.2 Å². The predicted molar refractivity (Wildman–Crippen MR) is 92.8 cm³/mol. The fourth-order valence-corrected chi connectivity index (χ4v) is 2.37.